The van der Waals surface area contributed by atoms with Crippen LogP contribution in [0.3, 0.4) is 0 Å². The van der Waals surface area contributed by atoms with Crippen molar-refractivity contribution in [1.29, 1.82) is 0 Å². The van der Waals surface area contributed by atoms with Crippen molar-refractivity contribution in [3.8, 4) is 0 Å². The molecule has 6 heteroatoms. The first-order chi connectivity index (χ1) is 8.00. The number of hydrazine groups is 1. The third kappa shape index (κ3) is 2.83. The lowest BCUT2D eigenvalue weighted by Gasteiger charge is -2.38. The molecule has 94 valence electrons. The number of nitrogens with one attached hydrogen (secondary N) is 1. The number of nitrogens with two attached hydrogens (primary N) is 1. The predicted molar refractivity (Wildman–Crippen MR) is 66.8 cm³/mol. The summed E-state index contributed by atoms with van der Waals surface area (Å²) < 4.78 is 5.68. The number of aromatic nitrogens is 2. The molecule has 2 rings (SSSR count). The Hall–Kier alpha value is -1.40. The highest BCUT2D eigenvalue weighted by molar-refractivity contribution is 5.45. The van der Waals surface area contributed by atoms with Crippen LogP contribution in [0.1, 0.15) is 19.5 Å². The van der Waals surface area contributed by atoms with Crippen LogP contribution in [-0.4, -0.2) is 35.3 Å². The van der Waals surface area contributed by atoms with Crippen LogP contribution in [0.25, 0.3) is 0 Å². The van der Waals surface area contributed by atoms with E-state index >= 15 is 0 Å². The Kier molecular flexibility index (Phi) is 3.17. The molecule has 1 aromatic rings. The molecule has 3 N–H and O–H groups in total. The van der Waals surface area contributed by atoms with Crippen molar-refractivity contribution >= 4 is 11.8 Å². The molecule has 1 saturated heterocycles. The van der Waals surface area contributed by atoms with E-state index < -0.39 is 0 Å². The Morgan fingerprint density at radius 3 is 2.88 bits per heavy atom. The molecule has 1 aliphatic heterocycles. The lowest BCUT2D eigenvalue weighted by Crippen LogP contribution is -2.48. The van der Waals surface area contributed by atoms with Gasteiger partial charge in [-0.2, -0.15) is 4.98 Å². The van der Waals surface area contributed by atoms with Gasteiger partial charge in [0.2, 0.25) is 5.95 Å². The zero-order chi connectivity index (χ0) is 12.5. The Bertz CT molecular complexity index is 407. The molecule has 1 fully saturated rings. The van der Waals surface area contributed by atoms with E-state index in [9.17, 15) is 0 Å². The quantitative estimate of drug-likeness (QED) is 0.582. The second-order valence-electron chi connectivity index (χ2n) is 4.87. The van der Waals surface area contributed by atoms with Crippen molar-refractivity contribution in [2.45, 2.75) is 26.4 Å². The second-order valence-corrected chi connectivity index (χ2v) is 4.87. The normalized spacial score (nSPS) is 19.2. The minimum Gasteiger partial charge on any atom is -0.372 e. The average molecular weight is 237 g/mol. The van der Waals surface area contributed by atoms with Gasteiger partial charge in [0, 0.05) is 24.8 Å². The van der Waals surface area contributed by atoms with Crippen LogP contribution < -0.4 is 16.2 Å². The number of anilines is 2. The zero-order valence-corrected chi connectivity index (χ0v) is 10.5. The van der Waals surface area contributed by atoms with Crippen LogP contribution in [0.5, 0.6) is 0 Å². The smallest absolute Gasteiger partial charge is 0.239 e. The number of hydrogen-bond acceptors (Lipinski definition) is 6. The van der Waals surface area contributed by atoms with Crippen LogP contribution in [-0.2, 0) is 4.74 Å². The molecule has 0 bridgehead atoms. The number of morpholine rings is 1. The van der Waals surface area contributed by atoms with E-state index in [1.165, 1.54) is 0 Å². The zero-order valence-electron chi connectivity index (χ0n) is 10.5. The number of nitrogens with zero attached hydrogens (tertiary/aromatic N) is 3. The van der Waals surface area contributed by atoms with E-state index in [4.69, 9.17) is 10.6 Å². The molecule has 17 heavy (non-hydrogen) atoms. The molecule has 1 aliphatic rings. The summed E-state index contributed by atoms with van der Waals surface area (Å²) in [7, 11) is 0. The summed E-state index contributed by atoms with van der Waals surface area (Å²) >= 11 is 0. The van der Waals surface area contributed by atoms with Crippen LogP contribution >= 0.6 is 0 Å². The Morgan fingerprint density at radius 2 is 2.24 bits per heavy atom. The van der Waals surface area contributed by atoms with Crippen molar-refractivity contribution < 1.29 is 4.74 Å². The second kappa shape index (κ2) is 4.46. The van der Waals surface area contributed by atoms with Crippen molar-refractivity contribution in [3.63, 3.8) is 0 Å². The van der Waals surface area contributed by atoms with Gasteiger partial charge in [0.1, 0.15) is 5.82 Å². The molecule has 0 aliphatic carbocycles. The van der Waals surface area contributed by atoms with Gasteiger partial charge in [0.25, 0.3) is 0 Å². The van der Waals surface area contributed by atoms with Crippen molar-refractivity contribution in [2.24, 2.45) is 5.84 Å². The molecule has 0 amide bonds. The fourth-order valence-electron chi connectivity index (χ4n) is 1.99. The average Bonchev–Trinajstić information content (AvgIpc) is 2.27. The molecule has 1 aromatic heterocycles. The fourth-order valence-corrected chi connectivity index (χ4v) is 1.99. The number of aryl methyl sites for hydroxylation is 1. The maximum absolute atomic E-state index is 5.68. The van der Waals surface area contributed by atoms with E-state index in [1.807, 2.05) is 13.0 Å². The standard InChI is InChI=1S/C11H19N5O/c1-8-6-9(14-10(13-8)15-12)16-4-5-17-11(2,3)7-16/h6H,4-5,7,12H2,1-3H3,(H,13,14,15). The van der Waals surface area contributed by atoms with Crippen LogP contribution in [0, 0.1) is 6.92 Å². The third-order valence-electron chi connectivity index (χ3n) is 2.72. The van der Waals surface area contributed by atoms with Gasteiger partial charge < -0.3 is 9.64 Å². The summed E-state index contributed by atoms with van der Waals surface area (Å²) in [6.45, 7) is 8.45. The number of rotatable bonds is 2. The van der Waals surface area contributed by atoms with Gasteiger partial charge >= 0.3 is 0 Å². The monoisotopic (exact) mass is 237 g/mol. The molecule has 0 atom stereocenters. The van der Waals surface area contributed by atoms with E-state index in [2.05, 4.69) is 34.1 Å². The highest BCUT2D eigenvalue weighted by atomic mass is 16.5. The third-order valence-corrected chi connectivity index (χ3v) is 2.72. The van der Waals surface area contributed by atoms with Gasteiger partial charge in [0.15, 0.2) is 0 Å². The minimum absolute atomic E-state index is 0.145. The maximum Gasteiger partial charge on any atom is 0.239 e. The van der Waals surface area contributed by atoms with Gasteiger partial charge in [-0.25, -0.2) is 10.8 Å². The lowest BCUT2D eigenvalue weighted by molar-refractivity contribution is -0.0279. The lowest BCUT2D eigenvalue weighted by atomic mass is 10.1. The summed E-state index contributed by atoms with van der Waals surface area (Å²) in [5.41, 5.74) is 3.24. The fraction of sp³-hybridized carbons (Fsp3) is 0.636. The molecule has 0 saturated carbocycles. The van der Waals surface area contributed by atoms with E-state index in [-0.39, 0.29) is 5.60 Å². The number of hydrogen-bond donors (Lipinski definition) is 2. The van der Waals surface area contributed by atoms with Gasteiger partial charge in [-0.3, -0.25) is 5.43 Å². The van der Waals surface area contributed by atoms with Crippen LogP contribution in [0.4, 0.5) is 11.8 Å². The SMILES string of the molecule is Cc1cc(N2CCOC(C)(C)C2)nc(NN)n1. The first-order valence-electron chi connectivity index (χ1n) is 5.71. The maximum atomic E-state index is 5.68. The number of ether oxygens (including phenoxy) is 1. The Morgan fingerprint density at radius 1 is 1.47 bits per heavy atom. The van der Waals surface area contributed by atoms with E-state index in [0.29, 0.717) is 12.6 Å². The van der Waals surface area contributed by atoms with Crippen LogP contribution in [0.15, 0.2) is 6.07 Å². The van der Waals surface area contributed by atoms with E-state index in [1.54, 1.807) is 0 Å². The molecule has 2 heterocycles. The molecule has 6 nitrogen and oxygen atoms in total. The van der Waals surface area contributed by atoms with Gasteiger partial charge in [-0.1, -0.05) is 0 Å². The minimum atomic E-state index is -0.145. The topological polar surface area (TPSA) is 76.3 Å². The molecule has 0 aromatic carbocycles. The Labute approximate surface area is 101 Å². The highest BCUT2D eigenvalue weighted by Crippen LogP contribution is 2.22. The summed E-state index contributed by atoms with van der Waals surface area (Å²) in [6, 6.07) is 1.96. The first-order valence-corrected chi connectivity index (χ1v) is 5.71. The summed E-state index contributed by atoms with van der Waals surface area (Å²) in [6.07, 6.45) is 0. The predicted octanol–water partition coefficient (Wildman–Crippen LogP) is 0.686. The summed E-state index contributed by atoms with van der Waals surface area (Å²) in [4.78, 5) is 10.7. The molecular weight excluding hydrogens is 218 g/mol. The molecule has 0 unspecified atom stereocenters. The van der Waals surface area contributed by atoms with Crippen LogP contribution in [0.2, 0.25) is 0 Å². The Balaban J connectivity index is 2.24. The van der Waals surface area contributed by atoms with Gasteiger partial charge in [-0.05, 0) is 20.8 Å². The van der Waals surface area contributed by atoms with Gasteiger partial charge in [-0.15, -0.1) is 0 Å². The van der Waals surface area contributed by atoms with Crippen molar-refractivity contribution in [3.05, 3.63) is 11.8 Å². The van der Waals surface area contributed by atoms with E-state index in [0.717, 1.165) is 24.6 Å². The first kappa shape index (κ1) is 12.1. The number of nitrogen functional groups attached to an aromatic ring is 1. The van der Waals surface area contributed by atoms with Crippen molar-refractivity contribution in [2.75, 3.05) is 30.0 Å². The highest BCUT2D eigenvalue weighted by Gasteiger charge is 2.28. The summed E-state index contributed by atoms with van der Waals surface area (Å²) in [5, 5.41) is 0. The molecular formula is C11H19N5O. The van der Waals surface area contributed by atoms with Crippen molar-refractivity contribution in [1.82, 2.24) is 9.97 Å². The largest absolute Gasteiger partial charge is 0.372 e. The summed E-state index contributed by atoms with van der Waals surface area (Å²) in [5.74, 6) is 6.69. The molecule has 0 radical (unpaired) electrons. The van der Waals surface area contributed by atoms with Gasteiger partial charge in [0.05, 0.1) is 12.2 Å². The molecule has 0 spiro atoms.